The number of carboxylic acid groups (broad SMARTS) is 1. The third-order valence-corrected chi connectivity index (χ3v) is 5.10. The van der Waals surface area contributed by atoms with Crippen molar-refractivity contribution in [1.82, 2.24) is 20.2 Å². The zero-order chi connectivity index (χ0) is 18.0. The van der Waals surface area contributed by atoms with Gasteiger partial charge in [-0.15, -0.1) is 0 Å². The van der Waals surface area contributed by atoms with Crippen molar-refractivity contribution in [2.24, 2.45) is 5.73 Å². The number of nitrogens with two attached hydrogens (primary N) is 1. The molecule has 2 fully saturated rings. The Morgan fingerprint density at radius 3 is 2.84 bits per heavy atom. The normalized spacial score (nSPS) is 27.4. The second-order valence-corrected chi connectivity index (χ2v) is 6.66. The summed E-state index contributed by atoms with van der Waals surface area (Å²) in [5.41, 5.74) is 4.79. The third-order valence-electron chi connectivity index (χ3n) is 5.10. The Labute approximate surface area is 145 Å². The maximum atomic E-state index is 13.0. The fourth-order valence-corrected chi connectivity index (χ4v) is 3.82. The first-order valence-electron chi connectivity index (χ1n) is 8.52. The molecule has 2 aliphatic rings. The van der Waals surface area contributed by atoms with Crippen molar-refractivity contribution in [3.63, 3.8) is 0 Å². The number of Topliss-reactive ketones (excluding diaryl/α,β-unsaturated/α-hetero) is 1. The van der Waals surface area contributed by atoms with Gasteiger partial charge in [-0.3, -0.25) is 9.59 Å². The number of imidazole rings is 1. The number of hydrogen-bond acceptors (Lipinski definition) is 6. The summed E-state index contributed by atoms with van der Waals surface area (Å²) in [6.45, 7) is 0.976. The third kappa shape index (κ3) is 3.05. The quantitative estimate of drug-likeness (QED) is 0.485. The van der Waals surface area contributed by atoms with E-state index in [1.807, 2.05) is 0 Å². The van der Waals surface area contributed by atoms with Crippen LogP contribution in [-0.2, 0) is 20.8 Å². The summed E-state index contributed by atoms with van der Waals surface area (Å²) in [5.74, 6) is -2.25. The number of aliphatic carboxylic acids is 1. The second-order valence-electron chi connectivity index (χ2n) is 6.66. The van der Waals surface area contributed by atoms with Crippen molar-refractivity contribution in [2.45, 2.75) is 49.7 Å². The average Bonchev–Trinajstić information content (AvgIpc) is 3.33. The lowest BCUT2D eigenvalue weighted by Gasteiger charge is -2.36. The second kappa shape index (κ2) is 6.93. The predicted molar refractivity (Wildman–Crippen MR) is 87.6 cm³/mol. The van der Waals surface area contributed by atoms with Crippen LogP contribution in [-0.4, -0.2) is 68.3 Å². The van der Waals surface area contributed by atoms with Crippen LogP contribution < -0.4 is 11.1 Å². The number of carbonyl (C=O) groups is 3. The molecule has 5 N–H and O–H groups in total. The number of nitrogens with one attached hydrogen (secondary N) is 2. The largest absolute Gasteiger partial charge is 0.479 e. The number of likely N-dealkylation sites (tertiary alicyclic amines) is 1. The Morgan fingerprint density at radius 1 is 1.44 bits per heavy atom. The molecule has 0 saturated carbocycles. The number of amides is 1. The van der Waals surface area contributed by atoms with E-state index in [0.717, 1.165) is 13.0 Å². The summed E-state index contributed by atoms with van der Waals surface area (Å²) in [6, 6.07) is -1.45. The number of H-pyrrole nitrogens is 1. The number of aromatic nitrogens is 2. The highest BCUT2D eigenvalue weighted by atomic mass is 16.4. The first-order chi connectivity index (χ1) is 12.0. The molecule has 1 amide bonds. The SMILES string of the molecule is NC(Cc1cnc[nH]1)C(=O)C1(C(=O)O)CCCN1C(=O)C1CCCN1. The van der Waals surface area contributed by atoms with Crippen LogP contribution in [0.3, 0.4) is 0 Å². The average molecular weight is 349 g/mol. The van der Waals surface area contributed by atoms with Gasteiger partial charge in [0.2, 0.25) is 11.4 Å². The molecular weight excluding hydrogens is 326 g/mol. The summed E-state index contributed by atoms with van der Waals surface area (Å²) in [5, 5.41) is 12.9. The lowest BCUT2D eigenvalue weighted by molar-refractivity contribution is -0.162. The number of rotatable bonds is 6. The first-order valence-corrected chi connectivity index (χ1v) is 8.52. The van der Waals surface area contributed by atoms with Crippen molar-refractivity contribution in [3.05, 3.63) is 18.2 Å². The number of hydrogen-bond donors (Lipinski definition) is 4. The first kappa shape index (κ1) is 17.6. The van der Waals surface area contributed by atoms with Gasteiger partial charge in [0, 0.05) is 24.9 Å². The molecule has 3 rings (SSSR count). The Morgan fingerprint density at radius 2 is 2.24 bits per heavy atom. The zero-order valence-electron chi connectivity index (χ0n) is 13.9. The van der Waals surface area contributed by atoms with E-state index in [4.69, 9.17) is 5.73 Å². The molecule has 3 heterocycles. The zero-order valence-corrected chi connectivity index (χ0v) is 13.9. The predicted octanol–water partition coefficient (Wildman–Crippen LogP) is -0.954. The molecule has 2 saturated heterocycles. The van der Waals surface area contributed by atoms with E-state index in [-0.39, 0.29) is 25.3 Å². The minimum Gasteiger partial charge on any atom is -0.479 e. The molecule has 25 heavy (non-hydrogen) atoms. The molecule has 0 radical (unpaired) electrons. The molecule has 136 valence electrons. The maximum Gasteiger partial charge on any atom is 0.337 e. The summed E-state index contributed by atoms with van der Waals surface area (Å²) in [7, 11) is 0. The standard InChI is InChI=1S/C16H23N5O4/c17-11(7-10-8-18-9-20-10)13(22)16(15(24)25)4-2-6-21(16)14(23)12-3-1-5-19-12/h8-9,11-12,19H,1-7,17H2,(H,18,20)(H,24,25). The van der Waals surface area contributed by atoms with Gasteiger partial charge in [0.15, 0.2) is 5.78 Å². The number of nitrogens with zero attached hydrogens (tertiary/aromatic N) is 2. The number of carbonyl (C=O) groups excluding carboxylic acids is 2. The monoisotopic (exact) mass is 349 g/mol. The Hall–Kier alpha value is -2.26. The van der Waals surface area contributed by atoms with Gasteiger partial charge < -0.3 is 26.0 Å². The highest BCUT2D eigenvalue weighted by molar-refractivity contribution is 6.13. The Bertz CT molecular complexity index is 655. The van der Waals surface area contributed by atoms with Crippen LogP contribution >= 0.6 is 0 Å². The van der Waals surface area contributed by atoms with E-state index < -0.39 is 29.4 Å². The van der Waals surface area contributed by atoms with Crippen LogP contribution in [0.1, 0.15) is 31.4 Å². The minimum atomic E-state index is -1.87. The molecule has 1 aromatic heterocycles. The molecular formula is C16H23N5O4. The highest BCUT2D eigenvalue weighted by Crippen LogP contribution is 2.33. The number of aromatic amines is 1. The summed E-state index contributed by atoms with van der Waals surface area (Å²) in [6.07, 6.45) is 5.23. The smallest absolute Gasteiger partial charge is 0.337 e. The maximum absolute atomic E-state index is 13.0. The van der Waals surface area contributed by atoms with Gasteiger partial charge in [-0.2, -0.15) is 0 Å². The van der Waals surface area contributed by atoms with Gasteiger partial charge >= 0.3 is 5.97 Å². The molecule has 1 aromatic rings. The molecule has 2 aliphatic heterocycles. The van der Waals surface area contributed by atoms with E-state index in [1.165, 1.54) is 11.2 Å². The van der Waals surface area contributed by atoms with Crippen LogP contribution in [0.4, 0.5) is 0 Å². The lowest BCUT2D eigenvalue weighted by Crippen LogP contribution is -2.64. The fourth-order valence-electron chi connectivity index (χ4n) is 3.82. The van der Waals surface area contributed by atoms with Crippen LogP contribution in [0.5, 0.6) is 0 Å². The summed E-state index contributed by atoms with van der Waals surface area (Å²) >= 11 is 0. The summed E-state index contributed by atoms with van der Waals surface area (Å²) in [4.78, 5) is 45.9. The Balaban J connectivity index is 1.85. The van der Waals surface area contributed by atoms with Gasteiger partial charge in [0.05, 0.1) is 18.4 Å². The van der Waals surface area contributed by atoms with Crippen LogP contribution in [0, 0.1) is 0 Å². The molecule has 0 spiro atoms. The van der Waals surface area contributed by atoms with Crippen LogP contribution in [0.25, 0.3) is 0 Å². The molecule has 0 aliphatic carbocycles. The van der Waals surface area contributed by atoms with Crippen molar-refractivity contribution in [1.29, 1.82) is 0 Å². The highest BCUT2D eigenvalue weighted by Gasteiger charge is 2.57. The molecule has 0 aromatic carbocycles. The van der Waals surface area contributed by atoms with E-state index in [1.54, 1.807) is 6.20 Å². The van der Waals surface area contributed by atoms with E-state index in [9.17, 15) is 19.5 Å². The van der Waals surface area contributed by atoms with Gasteiger partial charge in [0.25, 0.3) is 0 Å². The molecule has 9 nitrogen and oxygen atoms in total. The molecule has 0 bridgehead atoms. The van der Waals surface area contributed by atoms with Crippen molar-refractivity contribution >= 4 is 17.7 Å². The van der Waals surface area contributed by atoms with Crippen LogP contribution in [0.2, 0.25) is 0 Å². The van der Waals surface area contributed by atoms with Gasteiger partial charge in [-0.05, 0) is 32.2 Å². The van der Waals surface area contributed by atoms with E-state index in [2.05, 4.69) is 15.3 Å². The molecule has 9 heteroatoms. The van der Waals surface area contributed by atoms with Gasteiger partial charge in [-0.25, -0.2) is 9.78 Å². The van der Waals surface area contributed by atoms with E-state index >= 15 is 0 Å². The number of carboxylic acids is 1. The van der Waals surface area contributed by atoms with Gasteiger partial charge in [0.1, 0.15) is 0 Å². The van der Waals surface area contributed by atoms with E-state index in [0.29, 0.717) is 18.5 Å². The van der Waals surface area contributed by atoms with Crippen molar-refractivity contribution in [2.75, 3.05) is 13.1 Å². The van der Waals surface area contributed by atoms with Crippen LogP contribution in [0.15, 0.2) is 12.5 Å². The molecule has 3 unspecified atom stereocenters. The molecule has 3 atom stereocenters. The van der Waals surface area contributed by atoms with Crippen molar-refractivity contribution in [3.8, 4) is 0 Å². The minimum absolute atomic E-state index is 0.0936. The fraction of sp³-hybridized carbons (Fsp3) is 0.625. The lowest BCUT2D eigenvalue weighted by atomic mass is 9.85. The number of ketones is 1. The summed E-state index contributed by atoms with van der Waals surface area (Å²) < 4.78 is 0. The Kier molecular flexibility index (Phi) is 4.87. The topological polar surface area (TPSA) is 141 Å². The van der Waals surface area contributed by atoms with Crippen molar-refractivity contribution < 1.29 is 19.5 Å². The van der Waals surface area contributed by atoms with Gasteiger partial charge in [-0.1, -0.05) is 0 Å².